The van der Waals surface area contributed by atoms with E-state index in [1.54, 1.807) is 0 Å². The Bertz CT molecular complexity index is 353. The Morgan fingerprint density at radius 1 is 1.33 bits per heavy atom. The second kappa shape index (κ2) is 6.69. The van der Waals surface area contributed by atoms with Crippen LogP contribution in [0.4, 0.5) is 0 Å². The van der Waals surface area contributed by atoms with E-state index in [9.17, 15) is 0 Å². The van der Waals surface area contributed by atoms with Gasteiger partial charge in [-0.25, -0.2) is 0 Å². The first-order chi connectivity index (χ1) is 8.80. The lowest BCUT2D eigenvalue weighted by Crippen LogP contribution is -2.35. The summed E-state index contributed by atoms with van der Waals surface area (Å²) in [6, 6.07) is 2.62. The summed E-state index contributed by atoms with van der Waals surface area (Å²) >= 11 is 1.86. The monoisotopic (exact) mass is 266 g/mol. The van der Waals surface area contributed by atoms with Gasteiger partial charge in [0.2, 0.25) is 0 Å². The lowest BCUT2D eigenvalue weighted by Gasteiger charge is -2.33. The molecule has 1 aromatic heterocycles. The average molecular weight is 266 g/mol. The van der Waals surface area contributed by atoms with Crippen LogP contribution < -0.4 is 11.3 Å². The lowest BCUT2D eigenvalue weighted by molar-refractivity contribution is 0.221. The van der Waals surface area contributed by atoms with Crippen LogP contribution in [0.15, 0.2) is 11.4 Å². The molecule has 1 aromatic rings. The Kier molecular flexibility index (Phi) is 5.22. The smallest absolute Gasteiger partial charge is 0.0584 e. The zero-order chi connectivity index (χ0) is 13.0. The molecule has 2 rings (SSSR count). The molecule has 1 fully saturated rings. The minimum absolute atomic E-state index is 0.373. The van der Waals surface area contributed by atoms with Gasteiger partial charge >= 0.3 is 0 Å². The number of aryl methyl sites for hydroxylation is 1. The van der Waals surface area contributed by atoms with E-state index in [1.807, 2.05) is 11.3 Å². The van der Waals surface area contributed by atoms with Crippen LogP contribution in [0.5, 0.6) is 0 Å². The van der Waals surface area contributed by atoms with Crippen LogP contribution in [-0.2, 0) is 6.42 Å². The number of nitrogens with two attached hydrogens (primary N) is 1. The summed E-state index contributed by atoms with van der Waals surface area (Å²) in [5.41, 5.74) is 4.56. The van der Waals surface area contributed by atoms with E-state index in [1.165, 1.54) is 42.5 Å². The molecule has 1 atom stereocenters. The highest BCUT2D eigenvalue weighted by molar-refractivity contribution is 7.10. The number of thiophene rings is 1. The average Bonchev–Trinajstić information content (AvgIpc) is 2.89. The summed E-state index contributed by atoms with van der Waals surface area (Å²) < 4.78 is 0. The van der Waals surface area contributed by atoms with E-state index in [0.717, 1.165) is 18.3 Å². The summed E-state index contributed by atoms with van der Waals surface area (Å²) in [6.45, 7) is 4.55. The molecule has 0 saturated heterocycles. The molecular weight excluding hydrogens is 240 g/mol. The Morgan fingerprint density at radius 3 is 2.61 bits per heavy atom. The molecule has 1 aliphatic carbocycles. The van der Waals surface area contributed by atoms with Crippen LogP contribution in [0.1, 0.15) is 62.4 Å². The van der Waals surface area contributed by atoms with Gasteiger partial charge in [-0.2, -0.15) is 0 Å². The maximum Gasteiger partial charge on any atom is 0.0584 e. The largest absolute Gasteiger partial charge is 0.271 e. The van der Waals surface area contributed by atoms with Gasteiger partial charge in [0.05, 0.1) is 6.04 Å². The summed E-state index contributed by atoms with van der Waals surface area (Å²) in [6.07, 6.45) is 7.87. The van der Waals surface area contributed by atoms with Crippen molar-refractivity contribution in [1.29, 1.82) is 0 Å². The van der Waals surface area contributed by atoms with Crippen molar-refractivity contribution in [2.45, 2.75) is 58.4 Å². The molecule has 0 aliphatic heterocycles. The quantitative estimate of drug-likeness (QED) is 0.624. The Labute approximate surface area is 115 Å². The number of hydrogen-bond donors (Lipinski definition) is 2. The van der Waals surface area contributed by atoms with Crippen LogP contribution in [0, 0.1) is 11.8 Å². The van der Waals surface area contributed by atoms with Gasteiger partial charge in [-0.3, -0.25) is 11.3 Å². The second-order valence-electron chi connectivity index (χ2n) is 5.50. The SMILES string of the molecule is CCc1ccsc1C(NN)C1CCC(CC)CC1. The van der Waals surface area contributed by atoms with Gasteiger partial charge in [0.25, 0.3) is 0 Å². The predicted molar refractivity (Wildman–Crippen MR) is 79.5 cm³/mol. The molecule has 1 aliphatic rings. The van der Waals surface area contributed by atoms with E-state index >= 15 is 0 Å². The first kappa shape index (κ1) is 14.0. The molecule has 0 spiro atoms. The van der Waals surface area contributed by atoms with Gasteiger partial charge in [0.1, 0.15) is 0 Å². The first-order valence-electron chi connectivity index (χ1n) is 7.32. The number of hydrogen-bond acceptors (Lipinski definition) is 3. The predicted octanol–water partition coefficient (Wildman–Crippen LogP) is 4.03. The van der Waals surface area contributed by atoms with Gasteiger partial charge in [-0.15, -0.1) is 11.3 Å². The molecule has 0 aromatic carbocycles. The number of nitrogens with one attached hydrogen (secondary N) is 1. The van der Waals surface area contributed by atoms with Crippen molar-refractivity contribution in [2.24, 2.45) is 17.7 Å². The third-order valence-corrected chi connectivity index (χ3v) is 5.61. The molecule has 1 unspecified atom stereocenters. The fourth-order valence-corrected chi connectivity index (χ4v) is 4.42. The normalized spacial score (nSPS) is 26.2. The number of hydrazine groups is 1. The minimum Gasteiger partial charge on any atom is -0.271 e. The fourth-order valence-electron chi connectivity index (χ4n) is 3.27. The summed E-state index contributed by atoms with van der Waals surface area (Å²) in [4.78, 5) is 1.47. The van der Waals surface area contributed by atoms with Gasteiger partial charge in [0.15, 0.2) is 0 Å². The molecule has 0 radical (unpaired) electrons. The van der Waals surface area contributed by atoms with Gasteiger partial charge < -0.3 is 0 Å². The van der Waals surface area contributed by atoms with E-state index in [2.05, 4.69) is 30.7 Å². The Morgan fingerprint density at radius 2 is 2.06 bits per heavy atom. The van der Waals surface area contributed by atoms with Crippen molar-refractivity contribution < 1.29 is 0 Å². The van der Waals surface area contributed by atoms with Crippen molar-refractivity contribution in [3.63, 3.8) is 0 Å². The summed E-state index contributed by atoms with van der Waals surface area (Å²) in [5, 5.41) is 2.20. The fraction of sp³-hybridized carbons (Fsp3) is 0.733. The maximum absolute atomic E-state index is 5.84. The standard InChI is InChI=1S/C15H26N2S/c1-3-11-5-7-13(8-6-11)14(17-16)15-12(4-2)9-10-18-15/h9-11,13-14,17H,3-8,16H2,1-2H3. The highest BCUT2D eigenvalue weighted by atomic mass is 32.1. The summed E-state index contributed by atoms with van der Waals surface area (Å²) in [7, 11) is 0. The van der Waals surface area contributed by atoms with Crippen molar-refractivity contribution >= 4 is 11.3 Å². The molecule has 102 valence electrons. The molecular formula is C15H26N2S. The van der Waals surface area contributed by atoms with Crippen molar-refractivity contribution in [1.82, 2.24) is 5.43 Å². The van der Waals surface area contributed by atoms with E-state index < -0.39 is 0 Å². The molecule has 2 nitrogen and oxygen atoms in total. The first-order valence-corrected chi connectivity index (χ1v) is 8.20. The maximum atomic E-state index is 5.84. The van der Waals surface area contributed by atoms with Gasteiger partial charge in [0, 0.05) is 4.88 Å². The lowest BCUT2D eigenvalue weighted by atomic mass is 9.77. The van der Waals surface area contributed by atoms with Crippen LogP contribution in [0.2, 0.25) is 0 Å². The van der Waals surface area contributed by atoms with E-state index in [4.69, 9.17) is 5.84 Å². The highest BCUT2D eigenvalue weighted by Gasteiger charge is 2.29. The zero-order valence-corrected chi connectivity index (χ0v) is 12.4. The molecule has 3 heteroatoms. The molecule has 3 N–H and O–H groups in total. The molecule has 1 saturated carbocycles. The number of rotatable bonds is 5. The van der Waals surface area contributed by atoms with Crippen molar-refractivity contribution in [2.75, 3.05) is 0 Å². The van der Waals surface area contributed by atoms with Crippen LogP contribution in [0.3, 0.4) is 0 Å². The molecule has 0 bridgehead atoms. The van der Waals surface area contributed by atoms with Gasteiger partial charge in [-0.05, 0) is 48.1 Å². The minimum atomic E-state index is 0.373. The van der Waals surface area contributed by atoms with Crippen molar-refractivity contribution in [3.05, 3.63) is 21.9 Å². The second-order valence-corrected chi connectivity index (χ2v) is 6.44. The third-order valence-electron chi connectivity index (χ3n) is 4.56. The van der Waals surface area contributed by atoms with E-state index in [-0.39, 0.29) is 0 Å². The molecule has 0 amide bonds. The zero-order valence-electron chi connectivity index (χ0n) is 11.6. The Balaban J connectivity index is 2.05. The van der Waals surface area contributed by atoms with E-state index in [0.29, 0.717) is 6.04 Å². The highest BCUT2D eigenvalue weighted by Crippen LogP contribution is 2.40. The van der Waals surface area contributed by atoms with Crippen LogP contribution >= 0.6 is 11.3 Å². The molecule has 1 heterocycles. The van der Waals surface area contributed by atoms with Gasteiger partial charge in [-0.1, -0.05) is 33.1 Å². The van der Waals surface area contributed by atoms with Crippen LogP contribution in [0.25, 0.3) is 0 Å². The van der Waals surface area contributed by atoms with Crippen LogP contribution in [-0.4, -0.2) is 0 Å². The van der Waals surface area contributed by atoms with Crippen molar-refractivity contribution in [3.8, 4) is 0 Å². The third kappa shape index (κ3) is 2.95. The summed E-state index contributed by atoms with van der Waals surface area (Å²) in [5.74, 6) is 7.52. The Hall–Kier alpha value is -0.380. The topological polar surface area (TPSA) is 38.0 Å². The molecule has 18 heavy (non-hydrogen) atoms.